The van der Waals surface area contributed by atoms with Gasteiger partial charge in [0.25, 0.3) is 11.5 Å². The predicted octanol–water partition coefficient (Wildman–Crippen LogP) is 1.63. The molecule has 142 valence electrons. The number of amides is 2. The molecule has 0 bridgehead atoms. The van der Waals surface area contributed by atoms with E-state index in [-0.39, 0.29) is 11.6 Å². The van der Waals surface area contributed by atoms with E-state index in [4.69, 9.17) is 4.74 Å². The molecule has 1 aromatic heterocycles. The van der Waals surface area contributed by atoms with Crippen molar-refractivity contribution in [1.82, 2.24) is 14.8 Å². The number of piperidine rings is 1. The van der Waals surface area contributed by atoms with Crippen LogP contribution in [0.25, 0.3) is 0 Å². The van der Waals surface area contributed by atoms with Crippen LogP contribution < -0.4 is 16.2 Å². The molecule has 0 radical (unpaired) electrons. The fourth-order valence-electron chi connectivity index (χ4n) is 3.79. The fraction of sp³-hybridized carbons (Fsp3) is 0.611. The molecule has 1 saturated heterocycles. The summed E-state index contributed by atoms with van der Waals surface area (Å²) in [5, 5.41) is 5.54. The number of aryl methyl sites for hydroxylation is 1. The van der Waals surface area contributed by atoms with Crippen molar-refractivity contribution in [3.8, 4) is 0 Å². The number of nitrogens with zero attached hydrogens (tertiary/aromatic N) is 2. The van der Waals surface area contributed by atoms with E-state index in [9.17, 15) is 14.4 Å². The first kappa shape index (κ1) is 18.4. The first-order valence-electron chi connectivity index (χ1n) is 8.81. The lowest BCUT2D eigenvalue weighted by Gasteiger charge is -2.39. The van der Waals surface area contributed by atoms with E-state index < -0.39 is 22.9 Å². The molecule has 8 nitrogen and oxygen atoms in total. The largest absolute Gasteiger partial charge is 0.444 e. The average molecular weight is 362 g/mol. The van der Waals surface area contributed by atoms with E-state index in [1.807, 2.05) is 7.05 Å². The molecule has 0 saturated carbocycles. The summed E-state index contributed by atoms with van der Waals surface area (Å²) in [5.74, 6) is -0.251. The molecule has 2 amide bonds. The number of fused-ring (bicyclic) bond motifs is 2. The van der Waals surface area contributed by atoms with Crippen LogP contribution in [0.2, 0.25) is 0 Å². The molecule has 26 heavy (non-hydrogen) atoms. The van der Waals surface area contributed by atoms with Crippen LogP contribution in [0.5, 0.6) is 0 Å². The van der Waals surface area contributed by atoms with Crippen molar-refractivity contribution >= 4 is 17.7 Å². The molecule has 3 rings (SSSR count). The minimum absolute atomic E-state index is 0.115. The van der Waals surface area contributed by atoms with Gasteiger partial charge < -0.3 is 15.0 Å². The second-order valence-corrected chi connectivity index (χ2v) is 8.18. The summed E-state index contributed by atoms with van der Waals surface area (Å²) in [6.07, 6.45) is 0.846. The first-order valence-corrected chi connectivity index (χ1v) is 8.81. The van der Waals surface area contributed by atoms with Gasteiger partial charge >= 0.3 is 6.09 Å². The first-order chi connectivity index (χ1) is 12.0. The van der Waals surface area contributed by atoms with Gasteiger partial charge in [0, 0.05) is 6.54 Å². The maximum Gasteiger partial charge on any atom is 0.412 e. The minimum atomic E-state index is -0.771. The molecule has 0 unspecified atom stereocenters. The Labute approximate surface area is 152 Å². The zero-order valence-corrected chi connectivity index (χ0v) is 15.9. The Hall–Kier alpha value is -2.35. The molecule has 0 aromatic carbocycles. The van der Waals surface area contributed by atoms with Crippen LogP contribution in [0.4, 0.5) is 10.5 Å². The number of nitrogens with one attached hydrogen (secondary N) is 2. The van der Waals surface area contributed by atoms with Crippen LogP contribution in [0.15, 0.2) is 10.9 Å². The summed E-state index contributed by atoms with van der Waals surface area (Å²) in [4.78, 5) is 39.9. The molecular formula is C18H26N4O4. The Morgan fingerprint density at radius 3 is 2.65 bits per heavy atom. The Bertz CT molecular complexity index is 824. The number of hydrogen-bond donors (Lipinski definition) is 2. The van der Waals surface area contributed by atoms with Crippen LogP contribution >= 0.6 is 0 Å². The van der Waals surface area contributed by atoms with Gasteiger partial charge in [0.2, 0.25) is 0 Å². The van der Waals surface area contributed by atoms with Crippen LogP contribution in [0.1, 0.15) is 49.7 Å². The Kier molecular flexibility index (Phi) is 4.34. The van der Waals surface area contributed by atoms with Gasteiger partial charge in [-0.2, -0.15) is 0 Å². The van der Waals surface area contributed by atoms with Crippen molar-refractivity contribution in [3.63, 3.8) is 0 Å². The number of rotatable bonds is 1. The molecule has 1 fully saturated rings. The number of hydrogen-bond acceptors (Lipinski definition) is 5. The highest BCUT2D eigenvalue weighted by molar-refractivity contribution is 5.97. The molecule has 2 aliphatic rings. The number of likely N-dealkylation sites (tertiary alicyclic amines) is 1. The summed E-state index contributed by atoms with van der Waals surface area (Å²) in [6, 6.07) is 1.53. The number of carbonyl (C=O) groups is 2. The van der Waals surface area contributed by atoms with Gasteiger partial charge in [-0.25, -0.2) is 4.79 Å². The van der Waals surface area contributed by atoms with Crippen molar-refractivity contribution in [2.24, 2.45) is 0 Å². The van der Waals surface area contributed by atoms with Crippen molar-refractivity contribution in [2.45, 2.75) is 51.8 Å². The van der Waals surface area contributed by atoms with Crippen molar-refractivity contribution in [3.05, 3.63) is 27.7 Å². The number of anilines is 1. The van der Waals surface area contributed by atoms with Crippen LogP contribution in [-0.4, -0.2) is 47.2 Å². The zero-order chi connectivity index (χ0) is 19.3. The molecular weight excluding hydrogens is 336 g/mol. The molecule has 1 aromatic rings. The number of likely N-dealkylation sites (N-methyl/N-ethyl adjacent to an activating group) is 1. The Morgan fingerprint density at radius 2 is 2.04 bits per heavy atom. The van der Waals surface area contributed by atoms with E-state index in [1.165, 1.54) is 10.6 Å². The van der Waals surface area contributed by atoms with Gasteiger partial charge in [-0.05, 0) is 65.8 Å². The van der Waals surface area contributed by atoms with Crippen LogP contribution in [-0.2, 0) is 10.4 Å². The number of ether oxygens (including phenoxy) is 1. The molecule has 3 heterocycles. The number of pyridine rings is 1. The van der Waals surface area contributed by atoms with E-state index in [0.717, 1.165) is 13.0 Å². The highest BCUT2D eigenvalue weighted by Crippen LogP contribution is 2.32. The van der Waals surface area contributed by atoms with Crippen LogP contribution in [0.3, 0.4) is 0 Å². The van der Waals surface area contributed by atoms with E-state index in [1.54, 1.807) is 27.7 Å². The third kappa shape index (κ3) is 3.21. The normalized spacial score (nSPS) is 22.9. The predicted molar refractivity (Wildman–Crippen MR) is 97.5 cm³/mol. The van der Waals surface area contributed by atoms with Crippen molar-refractivity contribution in [2.75, 3.05) is 25.5 Å². The maximum absolute atomic E-state index is 13.1. The molecule has 2 aliphatic heterocycles. The molecule has 2 N–H and O–H groups in total. The quantitative estimate of drug-likeness (QED) is 0.792. The summed E-state index contributed by atoms with van der Waals surface area (Å²) >= 11 is 0. The molecule has 1 atom stereocenters. The second-order valence-electron chi connectivity index (χ2n) is 8.18. The van der Waals surface area contributed by atoms with Gasteiger partial charge in [-0.15, -0.1) is 0 Å². The summed E-state index contributed by atoms with van der Waals surface area (Å²) in [7, 11) is 1.96. The lowest BCUT2D eigenvalue weighted by molar-refractivity contribution is 0.0633. The van der Waals surface area contributed by atoms with E-state index in [0.29, 0.717) is 24.2 Å². The molecule has 0 aliphatic carbocycles. The minimum Gasteiger partial charge on any atom is -0.444 e. The van der Waals surface area contributed by atoms with Gasteiger partial charge in [-0.3, -0.25) is 19.5 Å². The Balaban J connectivity index is 2.04. The molecule has 8 heteroatoms. The Morgan fingerprint density at radius 1 is 1.35 bits per heavy atom. The summed E-state index contributed by atoms with van der Waals surface area (Å²) in [6.45, 7) is 8.47. The van der Waals surface area contributed by atoms with Gasteiger partial charge in [0.1, 0.15) is 22.6 Å². The van der Waals surface area contributed by atoms with E-state index in [2.05, 4.69) is 15.5 Å². The third-order valence-electron chi connectivity index (χ3n) is 4.68. The second kappa shape index (κ2) is 6.12. The average Bonchev–Trinajstić information content (AvgIpc) is 2.74. The van der Waals surface area contributed by atoms with Gasteiger partial charge in [0.05, 0.1) is 0 Å². The van der Waals surface area contributed by atoms with Crippen molar-refractivity contribution < 1.29 is 14.3 Å². The summed E-state index contributed by atoms with van der Waals surface area (Å²) in [5.41, 5.74) is -0.725. The van der Waals surface area contributed by atoms with Gasteiger partial charge in [0.15, 0.2) is 0 Å². The highest BCUT2D eigenvalue weighted by Gasteiger charge is 2.46. The SMILES string of the molecule is Cc1cc(NC(=O)OC(C)(C)C)c(=O)n2c1C(=O)N[C@@]21CCCN(C)C1. The number of aromatic nitrogens is 1. The monoisotopic (exact) mass is 362 g/mol. The maximum atomic E-state index is 13.1. The lowest BCUT2D eigenvalue weighted by Crippen LogP contribution is -2.57. The summed E-state index contributed by atoms with van der Waals surface area (Å²) < 4.78 is 6.76. The smallest absolute Gasteiger partial charge is 0.412 e. The molecule has 1 spiro atoms. The standard InChI is InChI=1S/C18H26N4O4/c1-11-9-12(19-16(25)26-17(2,3)4)15(24)22-13(11)14(23)20-18(22)7-6-8-21(5)10-18/h9H,6-8,10H2,1-5H3,(H,19,25)(H,20,23)/t18-/m0/s1. The fourth-order valence-corrected chi connectivity index (χ4v) is 3.79. The topological polar surface area (TPSA) is 92.7 Å². The third-order valence-corrected chi connectivity index (χ3v) is 4.68. The van der Waals surface area contributed by atoms with Gasteiger partial charge in [-0.1, -0.05) is 0 Å². The zero-order valence-electron chi connectivity index (χ0n) is 15.9. The number of carbonyl (C=O) groups excluding carboxylic acids is 2. The van der Waals surface area contributed by atoms with Crippen molar-refractivity contribution in [1.29, 1.82) is 0 Å². The highest BCUT2D eigenvalue weighted by atomic mass is 16.6. The van der Waals surface area contributed by atoms with E-state index >= 15 is 0 Å². The van der Waals surface area contributed by atoms with Crippen LogP contribution in [0, 0.1) is 6.92 Å². The lowest BCUT2D eigenvalue weighted by atomic mass is 9.98.